The van der Waals surface area contributed by atoms with E-state index in [1.54, 1.807) is 0 Å². The molecule has 0 aliphatic heterocycles. The third kappa shape index (κ3) is 1.94. The van der Waals surface area contributed by atoms with Crippen LogP contribution < -0.4 is 0 Å². The molecule has 11 heavy (non-hydrogen) atoms. The van der Waals surface area contributed by atoms with E-state index in [4.69, 9.17) is 15.7 Å². The summed E-state index contributed by atoms with van der Waals surface area (Å²) in [6, 6.07) is 0. The van der Waals surface area contributed by atoms with Gasteiger partial charge in [0.2, 0.25) is 0 Å². The lowest BCUT2D eigenvalue weighted by Crippen LogP contribution is -2.42. The van der Waals surface area contributed by atoms with Gasteiger partial charge in [0.15, 0.2) is 0 Å². The fraction of sp³-hybridized carbons (Fsp3) is 1.00. The fourth-order valence-electron chi connectivity index (χ4n) is 0.305. The normalized spacial score (nSPS) is 15.1. The highest BCUT2D eigenvalue weighted by Gasteiger charge is 2.53. The molecule has 5 heteroatoms. The molecule has 0 aliphatic rings. The predicted molar refractivity (Wildman–Crippen MR) is 39.7 cm³/mol. The molecule has 0 aromatic heterocycles. The summed E-state index contributed by atoms with van der Waals surface area (Å²) in [6.45, 7) is 3.11. The van der Waals surface area contributed by atoms with Crippen molar-refractivity contribution in [1.29, 1.82) is 0 Å². The molecular formula is C6H9B2F3. The van der Waals surface area contributed by atoms with Crippen LogP contribution in [0.25, 0.3) is 0 Å². The zero-order valence-electron chi connectivity index (χ0n) is 6.79. The van der Waals surface area contributed by atoms with Crippen molar-refractivity contribution in [3.63, 3.8) is 0 Å². The molecule has 0 nitrogen and oxygen atoms in total. The number of rotatable bonds is 1. The van der Waals surface area contributed by atoms with Crippen LogP contribution in [0, 0.1) is 5.41 Å². The van der Waals surface area contributed by atoms with Crippen LogP contribution in [-0.2, 0) is 0 Å². The average Bonchev–Trinajstić information content (AvgIpc) is 1.58. The van der Waals surface area contributed by atoms with Gasteiger partial charge in [-0.15, -0.1) is 0 Å². The summed E-state index contributed by atoms with van der Waals surface area (Å²) in [5.74, 6) is 0. The smallest absolute Gasteiger partial charge is 0.171 e. The van der Waals surface area contributed by atoms with Gasteiger partial charge in [-0.3, -0.25) is 0 Å². The lowest BCUT2D eigenvalue weighted by atomic mass is 9.44. The van der Waals surface area contributed by atoms with Crippen LogP contribution >= 0.6 is 0 Å². The lowest BCUT2D eigenvalue weighted by Gasteiger charge is -2.41. The zero-order valence-corrected chi connectivity index (χ0v) is 6.79. The molecule has 0 aromatic carbocycles. The van der Waals surface area contributed by atoms with Crippen LogP contribution in [0.3, 0.4) is 0 Å². The number of halogens is 3. The summed E-state index contributed by atoms with van der Waals surface area (Å²) in [4.78, 5) is 0. The third-order valence-electron chi connectivity index (χ3n) is 2.06. The van der Waals surface area contributed by atoms with Gasteiger partial charge in [0.05, 0.1) is 21.1 Å². The monoisotopic (exact) mass is 160 g/mol. The van der Waals surface area contributed by atoms with Crippen LogP contribution in [0.4, 0.5) is 13.2 Å². The van der Waals surface area contributed by atoms with Crippen LogP contribution in [-0.4, -0.2) is 21.9 Å². The van der Waals surface area contributed by atoms with Gasteiger partial charge in [0.25, 0.3) is 0 Å². The Hall–Kier alpha value is -0.0801. The summed E-state index contributed by atoms with van der Waals surface area (Å²) >= 11 is 0. The molecule has 0 unspecified atom stereocenters. The van der Waals surface area contributed by atoms with Crippen molar-refractivity contribution >= 4 is 15.7 Å². The SMILES string of the molecule is [B]C([B])(C)C(C)(C)C(F)(F)F. The van der Waals surface area contributed by atoms with Gasteiger partial charge < -0.3 is 0 Å². The minimum absolute atomic E-state index is 0.979. The first-order valence-electron chi connectivity index (χ1n) is 3.14. The van der Waals surface area contributed by atoms with E-state index in [1.165, 1.54) is 0 Å². The van der Waals surface area contributed by atoms with E-state index < -0.39 is 16.8 Å². The second-order valence-electron chi connectivity index (χ2n) is 3.41. The van der Waals surface area contributed by atoms with Gasteiger partial charge in [-0.05, 0) is 0 Å². The molecule has 0 rings (SSSR count). The molecule has 0 heterocycles. The second-order valence-corrected chi connectivity index (χ2v) is 3.41. The molecule has 0 saturated carbocycles. The summed E-state index contributed by atoms with van der Waals surface area (Å²) in [5.41, 5.74) is -2.07. The Kier molecular flexibility index (Phi) is 2.44. The molecular weight excluding hydrogens is 151 g/mol. The predicted octanol–water partition coefficient (Wildman–Crippen LogP) is 2.05. The van der Waals surface area contributed by atoms with Crippen LogP contribution in [0.1, 0.15) is 20.8 Å². The average molecular weight is 160 g/mol. The second kappa shape index (κ2) is 2.46. The Morgan fingerprint density at radius 1 is 0.909 bits per heavy atom. The topological polar surface area (TPSA) is 0 Å². The summed E-state index contributed by atoms with van der Waals surface area (Å²) < 4.78 is 36.5. The van der Waals surface area contributed by atoms with Gasteiger partial charge in [-0.2, -0.15) is 13.2 Å². The van der Waals surface area contributed by atoms with Crippen LogP contribution in [0.2, 0.25) is 5.21 Å². The summed E-state index contributed by atoms with van der Waals surface area (Å²) in [6.07, 6.45) is -4.37. The maximum absolute atomic E-state index is 12.2. The minimum atomic E-state index is -4.37. The quantitative estimate of drug-likeness (QED) is 0.514. The maximum Gasteiger partial charge on any atom is 0.393 e. The summed E-state index contributed by atoms with van der Waals surface area (Å²) in [5, 5.41) is -1.74. The Balaban J connectivity index is 4.75. The fourth-order valence-corrected chi connectivity index (χ4v) is 0.305. The zero-order chi connectivity index (χ0) is 9.50. The molecule has 0 N–H and O–H groups in total. The first-order valence-corrected chi connectivity index (χ1v) is 3.14. The van der Waals surface area contributed by atoms with Crippen molar-refractivity contribution in [2.45, 2.75) is 32.2 Å². The third-order valence-corrected chi connectivity index (χ3v) is 2.06. The Morgan fingerprint density at radius 3 is 1.18 bits per heavy atom. The van der Waals surface area contributed by atoms with Crippen molar-refractivity contribution in [2.75, 3.05) is 0 Å². The first kappa shape index (κ1) is 10.9. The number of hydrogen-bond acceptors (Lipinski definition) is 0. The molecule has 0 bridgehead atoms. The molecule has 0 fully saturated rings. The van der Waals surface area contributed by atoms with Gasteiger partial charge >= 0.3 is 6.18 Å². The Bertz CT molecular complexity index is 127. The molecule has 0 saturated heterocycles. The van der Waals surface area contributed by atoms with E-state index in [-0.39, 0.29) is 0 Å². The molecule has 0 atom stereocenters. The van der Waals surface area contributed by atoms with E-state index in [0.717, 1.165) is 20.8 Å². The minimum Gasteiger partial charge on any atom is -0.171 e. The highest BCUT2D eigenvalue weighted by Crippen LogP contribution is 2.51. The first-order chi connectivity index (χ1) is 4.50. The Labute approximate surface area is 67.4 Å². The van der Waals surface area contributed by atoms with Crippen molar-refractivity contribution in [2.24, 2.45) is 5.41 Å². The molecule has 0 aromatic rings. The van der Waals surface area contributed by atoms with Crippen molar-refractivity contribution < 1.29 is 13.2 Å². The van der Waals surface area contributed by atoms with Crippen molar-refractivity contribution in [3.8, 4) is 0 Å². The largest absolute Gasteiger partial charge is 0.393 e. The van der Waals surface area contributed by atoms with E-state index >= 15 is 0 Å². The van der Waals surface area contributed by atoms with E-state index in [1.807, 2.05) is 0 Å². The number of alkyl halides is 3. The molecule has 60 valence electrons. The number of hydrogen-bond donors (Lipinski definition) is 0. The van der Waals surface area contributed by atoms with Crippen LogP contribution in [0.15, 0.2) is 0 Å². The van der Waals surface area contributed by atoms with E-state index in [2.05, 4.69) is 0 Å². The van der Waals surface area contributed by atoms with Gasteiger partial charge in [0, 0.05) is 0 Å². The van der Waals surface area contributed by atoms with Crippen molar-refractivity contribution in [3.05, 3.63) is 0 Å². The van der Waals surface area contributed by atoms with Gasteiger partial charge in [0.1, 0.15) is 0 Å². The molecule has 0 spiro atoms. The highest BCUT2D eigenvalue weighted by molar-refractivity contribution is 6.40. The van der Waals surface area contributed by atoms with Crippen LogP contribution in [0.5, 0.6) is 0 Å². The molecule has 0 aliphatic carbocycles. The maximum atomic E-state index is 12.2. The Morgan fingerprint density at radius 2 is 1.18 bits per heavy atom. The van der Waals surface area contributed by atoms with Crippen molar-refractivity contribution in [1.82, 2.24) is 0 Å². The highest BCUT2D eigenvalue weighted by atomic mass is 19.4. The lowest BCUT2D eigenvalue weighted by molar-refractivity contribution is -0.215. The molecule has 4 radical (unpaired) electrons. The van der Waals surface area contributed by atoms with Gasteiger partial charge in [-0.25, -0.2) is 0 Å². The molecule has 0 amide bonds. The van der Waals surface area contributed by atoms with E-state index in [0.29, 0.717) is 0 Å². The summed E-state index contributed by atoms with van der Waals surface area (Å²) in [7, 11) is 10.3. The van der Waals surface area contributed by atoms with Gasteiger partial charge in [-0.1, -0.05) is 26.0 Å². The van der Waals surface area contributed by atoms with E-state index in [9.17, 15) is 13.2 Å². The standard InChI is InChI=1S/C6H9B2F3/c1-4(2,5(3,7)8)6(9,10)11/h1-3H3.